The van der Waals surface area contributed by atoms with Crippen LogP contribution in [0.3, 0.4) is 0 Å². The maximum Gasteiger partial charge on any atom is 0.302 e. The number of halogens is 2. The number of esters is 1. The predicted octanol–water partition coefficient (Wildman–Crippen LogP) is 1.74. The molecular weight excluding hydrogens is 175 g/mol. The minimum absolute atomic E-state index is 0.139. The Morgan fingerprint density at radius 2 is 2.30 bits per heavy atom. The van der Waals surface area contributed by atoms with Crippen LogP contribution in [0, 0.1) is 5.92 Å². The van der Waals surface area contributed by atoms with E-state index in [-0.39, 0.29) is 11.9 Å². The van der Waals surface area contributed by atoms with Crippen LogP contribution in [0.2, 0.25) is 0 Å². The first kappa shape index (κ1) is 8.15. The molecule has 0 aromatic rings. The van der Waals surface area contributed by atoms with Gasteiger partial charge in [0.2, 0.25) is 0 Å². The topological polar surface area (TPSA) is 26.3 Å². The quantitative estimate of drug-likeness (QED) is 0.481. The van der Waals surface area contributed by atoms with E-state index in [9.17, 15) is 4.79 Å². The van der Waals surface area contributed by atoms with Gasteiger partial charge in [0, 0.05) is 12.8 Å². The third-order valence-electron chi connectivity index (χ3n) is 1.44. The lowest BCUT2D eigenvalue weighted by atomic mass is 10.5. The zero-order valence-electron chi connectivity index (χ0n) is 5.56. The van der Waals surface area contributed by atoms with Crippen LogP contribution in [0.25, 0.3) is 0 Å². The maximum atomic E-state index is 10.3. The van der Waals surface area contributed by atoms with Crippen molar-refractivity contribution in [2.45, 2.75) is 17.7 Å². The molecule has 1 rings (SSSR count). The van der Waals surface area contributed by atoms with Gasteiger partial charge in [-0.2, -0.15) is 0 Å². The molecule has 1 aliphatic rings. The highest BCUT2D eigenvalue weighted by atomic mass is 35.5. The van der Waals surface area contributed by atoms with E-state index in [1.165, 1.54) is 6.92 Å². The molecule has 0 amide bonds. The lowest BCUT2D eigenvalue weighted by molar-refractivity contribution is -0.141. The summed E-state index contributed by atoms with van der Waals surface area (Å²) in [5.74, 6) is -0.143. The van der Waals surface area contributed by atoms with Gasteiger partial charge in [-0.15, -0.1) is 23.2 Å². The van der Waals surface area contributed by atoms with Crippen LogP contribution in [0.15, 0.2) is 0 Å². The molecule has 0 saturated heterocycles. The van der Waals surface area contributed by atoms with Crippen LogP contribution in [0.5, 0.6) is 0 Å². The number of hydrogen-bond acceptors (Lipinski definition) is 2. The molecule has 1 saturated carbocycles. The number of alkyl halides is 2. The average Bonchev–Trinajstić information content (AvgIpc) is 2.35. The van der Waals surface area contributed by atoms with Crippen LogP contribution in [-0.4, -0.2) is 16.9 Å². The molecule has 4 heteroatoms. The minimum Gasteiger partial charge on any atom is -0.465 e. The Balaban J connectivity index is 2.13. The van der Waals surface area contributed by atoms with E-state index in [2.05, 4.69) is 0 Å². The van der Waals surface area contributed by atoms with Crippen LogP contribution >= 0.6 is 23.2 Å². The lowest BCUT2D eigenvalue weighted by Gasteiger charge is -1.99. The lowest BCUT2D eigenvalue weighted by Crippen LogP contribution is -2.05. The summed E-state index contributed by atoms with van der Waals surface area (Å²) in [4.78, 5) is 10.3. The first-order valence-electron chi connectivity index (χ1n) is 3.03. The first-order valence-corrected chi connectivity index (χ1v) is 3.79. The van der Waals surface area contributed by atoms with Crippen molar-refractivity contribution in [3.8, 4) is 0 Å². The van der Waals surface area contributed by atoms with Crippen molar-refractivity contribution < 1.29 is 9.53 Å². The van der Waals surface area contributed by atoms with Gasteiger partial charge in [0.1, 0.15) is 4.33 Å². The minimum atomic E-state index is -0.630. The Bertz CT molecular complexity index is 156. The van der Waals surface area contributed by atoms with Crippen LogP contribution in [0.1, 0.15) is 13.3 Å². The molecule has 0 aromatic carbocycles. The van der Waals surface area contributed by atoms with E-state index < -0.39 is 4.33 Å². The SMILES string of the molecule is CC(=O)OCC1CC1(Cl)Cl. The molecule has 0 bridgehead atoms. The van der Waals surface area contributed by atoms with Gasteiger partial charge in [0.15, 0.2) is 0 Å². The molecule has 1 atom stereocenters. The summed E-state index contributed by atoms with van der Waals surface area (Å²) < 4.78 is 4.06. The van der Waals surface area contributed by atoms with E-state index in [1.807, 2.05) is 0 Å². The van der Waals surface area contributed by atoms with Gasteiger partial charge in [0.05, 0.1) is 6.61 Å². The fourth-order valence-electron chi connectivity index (χ4n) is 0.668. The Morgan fingerprint density at radius 1 is 1.80 bits per heavy atom. The van der Waals surface area contributed by atoms with Crippen LogP contribution < -0.4 is 0 Å². The van der Waals surface area contributed by atoms with Gasteiger partial charge in [-0.1, -0.05) is 0 Å². The molecule has 1 aliphatic carbocycles. The van der Waals surface area contributed by atoms with Gasteiger partial charge in [-0.05, 0) is 6.42 Å². The van der Waals surface area contributed by atoms with Gasteiger partial charge < -0.3 is 4.74 Å². The predicted molar refractivity (Wildman–Crippen MR) is 39.2 cm³/mol. The van der Waals surface area contributed by atoms with Gasteiger partial charge in [0.25, 0.3) is 0 Å². The Kier molecular flexibility index (Phi) is 2.11. The molecule has 1 fully saturated rings. The van der Waals surface area contributed by atoms with Crippen molar-refractivity contribution in [3.05, 3.63) is 0 Å². The van der Waals surface area contributed by atoms with Crippen molar-refractivity contribution in [2.24, 2.45) is 5.92 Å². The second-order valence-electron chi connectivity index (χ2n) is 2.46. The Labute approximate surface area is 69.4 Å². The largest absolute Gasteiger partial charge is 0.465 e. The number of ether oxygens (including phenoxy) is 1. The fourth-order valence-corrected chi connectivity index (χ4v) is 1.17. The highest BCUT2D eigenvalue weighted by molar-refractivity contribution is 6.50. The second kappa shape index (κ2) is 2.59. The summed E-state index contributed by atoms with van der Waals surface area (Å²) in [7, 11) is 0. The highest BCUT2D eigenvalue weighted by Crippen LogP contribution is 2.53. The number of carbonyl (C=O) groups excluding carboxylic acids is 1. The molecule has 0 N–H and O–H groups in total. The molecule has 0 aromatic heterocycles. The maximum absolute atomic E-state index is 10.3. The molecule has 0 spiro atoms. The Morgan fingerprint density at radius 3 is 2.60 bits per heavy atom. The van der Waals surface area contributed by atoms with Crippen LogP contribution in [-0.2, 0) is 9.53 Å². The van der Waals surface area contributed by atoms with E-state index in [0.29, 0.717) is 6.61 Å². The summed E-state index contributed by atoms with van der Waals surface area (Å²) in [6.45, 7) is 1.72. The number of carbonyl (C=O) groups is 1. The van der Waals surface area contributed by atoms with Gasteiger partial charge in [-0.3, -0.25) is 4.79 Å². The normalized spacial score (nSPS) is 27.7. The monoisotopic (exact) mass is 182 g/mol. The van der Waals surface area contributed by atoms with E-state index in [1.54, 1.807) is 0 Å². The summed E-state index contributed by atoms with van der Waals surface area (Å²) in [5, 5.41) is 0. The van der Waals surface area contributed by atoms with Crippen molar-refractivity contribution in [3.63, 3.8) is 0 Å². The molecule has 0 radical (unpaired) electrons. The van der Waals surface area contributed by atoms with Crippen LogP contribution in [0.4, 0.5) is 0 Å². The Hall–Kier alpha value is 0.0500. The molecule has 1 unspecified atom stereocenters. The standard InChI is InChI=1S/C6H8Cl2O2/c1-4(9)10-3-5-2-6(5,7)8/h5H,2-3H2,1H3. The summed E-state index contributed by atoms with van der Waals surface area (Å²) in [5.41, 5.74) is 0. The molecular formula is C6H8Cl2O2. The van der Waals surface area contributed by atoms with E-state index in [0.717, 1.165) is 6.42 Å². The van der Waals surface area contributed by atoms with Gasteiger partial charge >= 0.3 is 5.97 Å². The van der Waals surface area contributed by atoms with Crippen molar-refractivity contribution in [1.82, 2.24) is 0 Å². The first-order chi connectivity index (χ1) is 4.52. The van der Waals surface area contributed by atoms with E-state index in [4.69, 9.17) is 27.9 Å². The average molecular weight is 183 g/mol. The summed E-state index contributed by atoms with van der Waals surface area (Å²) >= 11 is 11.3. The van der Waals surface area contributed by atoms with Crippen molar-refractivity contribution in [2.75, 3.05) is 6.61 Å². The molecule has 58 valence electrons. The van der Waals surface area contributed by atoms with Crippen molar-refractivity contribution in [1.29, 1.82) is 0 Å². The smallest absolute Gasteiger partial charge is 0.302 e. The summed E-state index contributed by atoms with van der Waals surface area (Å²) in [6, 6.07) is 0. The second-order valence-corrected chi connectivity index (χ2v) is 4.01. The third-order valence-corrected chi connectivity index (χ3v) is 2.37. The molecule has 0 heterocycles. The molecule has 2 nitrogen and oxygen atoms in total. The zero-order valence-corrected chi connectivity index (χ0v) is 7.08. The number of hydrogen-bond donors (Lipinski definition) is 0. The van der Waals surface area contributed by atoms with Gasteiger partial charge in [-0.25, -0.2) is 0 Å². The summed E-state index contributed by atoms with van der Waals surface area (Å²) in [6.07, 6.45) is 0.726. The highest BCUT2D eigenvalue weighted by Gasteiger charge is 2.52. The molecule has 0 aliphatic heterocycles. The third kappa shape index (κ3) is 2.03. The fraction of sp³-hybridized carbons (Fsp3) is 0.833. The van der Waals surface area contributed by atoms with Crippen molar-refractivity contribution >= 4 is 29.2 Å². The molecule has 10 heavy (non-hydrogen) atoms. The number of rotatable bonds is 2. The van der Waals surface area contributed by atoms with E-state index >= 15 is 0 Å². The zero-order chi connectivity index (χ0) is 7.78.